The van der Waals surface area contributed by atoms with Crippen LogP contribution in [0.25, 0.3) is 10.4 Å². The van der Waals surface area contributed by atoms with E-state index in [9.17, 15) is 75.7 Å². The van der Waals surface area contributed by atoms with Gasteiger partial charge in [0, 0.05) is 77.1 Å². The van der Waals surface area contributed by atoms with E-state index >= 15 is 0 Å². The van der Waals surface area contributed by atoms with E-state index in [2.05, 4.69) is 46.7 Å². The molecule has 2 aliphatic heterocycles. The summed E-state index contributed by atoms with van der Waals surface area (Å²) in [6, 6.07) is 0.189. The van der Waals surface area contributed by atoms with Crippen LogP contribution in [0.15, 0.2) is 29.4 Å². The fraction of sp³-hybridized carbons (Fsp3) is 0.687. The summed E-state index contributed by atoms with van der Waals surface area (Å²) in [6.45, 7) is 16.9. The van der Waals surface area contributed by atoms with Gasteiger partial charge >= 0.3 is 12.0 Å². The second-order valence-corrected chi connectivity index (χ2v) is 26.9. The largest absolute Gasteiger partial charge is 0.420 e. The first-order chi connectivity index (χ1) is 46.6. The van der Waals surface area contributed by atoms with Gasteiger partial charge < -0.3 is 66.8 Å². The number of halogens is 5. The average Bonchev–Trinajstić information content (AvgIpc) is 1.72. The van der Waals surface area contributed by atoms with Crippen LogP contribution in [0, 0.1) is 64.6 Å². The number of carbonyl (C=O) groups is 9. The molecule has 554 valence electrons. The molecule has 0 bridgehead atoms. The lowest BCUT2D eigenvalue weighted by molar-refractivity contribution is -0.148. The molecule has 0 aromatic heterocycles. The van der Waals surface area contributed by atoms with Gasteiger partial charge in [0.05, 0.1) is 48.6 Å². The summed E-state index contributed by atoms with van der Waals surface area (Å²) < 4.78 is 85.9. The summed E-state index contributed by atoms with van der Waals surface area (Å²) in [5, 5.41) is 31.3. The molecule has 2 fully saturated rings. The number of amides is 9. The monoisotopic (exact) mass is 1410 g/mol. The van der Waals surface area contributed by atoms with Crippen LogP contribution in [0.5, 0.6) is 5.75 Å². The Kier molecular flexibility index (Phi) is 33.7. The lowest BCUT2D eigenvalue weighted by atomic mass is 9.89. The second kappa shape index (κ2) is 39.9. The maximum absolute atomic E-state index is 14.6. The molecular weight excluding hydrogens is 1300 g/mol. The molecule has 0 radical (unpaired) electrons. The van der Waals surface area contributed by atoms with E-state index in [0.717, 1.165) is 0 Å². The van der Waals surface area contributed by atoms with Crippen LogP contribution in [0.3, 0.4) is 0 Å². The number of piperidine rings is 1. The molecule has 2 aromatic carbocycles. The Hall–Kier alpha value is -7.77. The van der Waals surface area contributed by atoms with Gasteiger partial charge in [-0.3, -0.25) is 48.2 Å². The van der Waals surface area contributed by atoms with Crippen molar-refractivity contribution in [2.75, 3.05) is 73.4 Å². The van der Waals surface area contributed by atoms with Crippen molar-refractivity contribution in [1.82, 2.24) is 46.2 Å². The van der Waals surface area contributed by atoms with Gasteiger partial charge in [-0.25, -0.2) is 18.0 Å². The lowest BCUT2D eigenvalue weighted by Gasteiger charge is -2.41. The third-order valence-corrected chi connectivity index (χ3v) is 18.5. The molecule has 9 N–H and O–H groups in total. The van der Waals surface area contributed by atoms with Crippen molar-refractivity contribution in [2.24, 2.45) is 46.4 Å². The van der Waals surface area contributed by atoms with Gasteiger partial charge in [0.15, 0.2) is 0 Å². The number of hydrogen-bond donors (Lipinski definition) is 8. The summed E-state index contributed by atoms with van der Waals surface area (Å²) in [7, 11) is 8.29. The first kappa shape index (κ1) is 83.6. The van der Waals surface area contributed by atoms with Crippen molar-refractivity contribution < 1.29 is 84.4 Å². The van der Waals surface area contributed by atoms with Crippen LogP contribution < -0.4 is 42.4 Å². The molecule has 12 atom stereocenters. The number of likely N-dealkylation sites (N-methyl/N-ethyl adjacent to an activating group) is 2. The standard InChI is InChI=1S/C67H103F5N14O13/c1-15-38(8)58(84(12)65(94)56(36(4)5)81-64(93)57(37(6)7)83(10)11)46(97-13)33-49(89)86-29-17-19-45(86)59(98-14)39(9)61(90)78-43(34-76-82-74)32-40-20-22-42(23-21-40)77-62(91)44(18-16-28-75-67(73)96)79-63(92)55(35(2)3)80-47(87)24-25-48(88)85-30-26-41(27-31-85)66(95)99-60-53(71)51(69)50(68)52(70)54(60)72/h20-23,35-39,41,43-46,48,55-59,88H,15-19,24-34H2,1-14H3,(H,77,91)(H,78,90)(H,79,92)(H,80,87)(H,81,93)(H3,73,75,96)/t38-,39+,43-,44-,45-,46+,48?,55-,56-,57-,58?,59+/m0/s1. The topological polar surface area (TPSA) is 361 Å². The molecule has 32 heteroatoms. The summed E-state index contributed by atoms with van der Waals surface area (Å²) >= 11 is 0. The Balaban J connectivity index is 1.39. The molecule has 99 heavy (non-hydrogen) atoms. The van der Waals surface area contributed by atoms with E-state index in [0.29, 0.717) is 37.1 Å². The van der Waals surface area contributed by atoms with Crippen LogP contribution in [-0.2, 0) is 54.3 Å². The maximum atomic E-state index is 14.6. The molecule has 9 amide bonds. The summed E-state index contributed by atoms with van der Waals surface area (Å²) in [5.41, 5.74) is 15.6. The molecule has 0 spiro atoms. The van der Waals surface area contributed by atoms with E-state index in [-0.39, 0.29) is 113 Å². The van der Waals surface area contributed by atoms with E-state index < -0.39 is 149 Å². The van der Waals surface area contributed by atoms with Crippen molar-refractivity contribution >= 4 is 59.0 Å². The van der Waals surface area contributed by atoms with E-state index in [1.54, 1.807) is 61.9 Å². The van der Waals surface area contributed by atoms with Crippen molar-refractivity contribution in [3.8, 4) is 5.75 Å². The third-order valence-electron chi connectivity index (χ3n) is 18.5. The highest BCUT2D eigenvalue weighted by Crippen LogP contribution is 2.33. The zero-order chi connectivity index (χ0) is 74.3. The Bertz CT molecular complexity index is 3080. The Morgan fingerprint density at radius 2 is 1.35 bits per heavy atom. The van der Waals surface area contributed by atoms with E-state index in [1.807, 2.05) is 60.5 Å². The molecule has 2 aromatic rings. The number of rotatable bonds is 38. The molecule has 2 heterocycles. The Labute approximate surface area is 576 Å². The SMILES string of the molecule is CC[C@H](C)C([C@@H](CC(=O)N1CCC[C@H]1[C@H](OC)[C@@H](C)C(=O)N[C@H](CN=[N+]=[N-])Cc1ccc(NC(=O)[C@H](CCCNC(N)=O)NC(=O)[C@@H](NC(=O)CCC(O)N2CCC(C(=O)Oc3c(F)c(F)c(F)c(F)c3F)CC2)C(C)C)cc1)OC)N(C)C(=O)[C@@H](NC(=O)[C@H](C(C)C)N(C)C)C(C)C. The van der Waals surface area contributed by atoms with Crippen molar-refractivity contribution in [3.05, 3.63) is 69.4 Å². The number of primary amides is 1. The molecule has 2 aliphatic rings. The minimum absolute atomic E-state index is 0.00127. The smallest absolute Gasteiger partial charge is 0.314 e. The molecular formula is C67H103F5N14O13. The molecule has 4 rings (SSSR count). The second-order valence-electron chi connectivity index (χ2n) is 26.9. The normalized spacial score (nSPS) is 17.8. The van der Waals surface area contributed by atoms with Crippen LogP contribution >= 0.6 is 0 Å². The number of nitrogens with two attached hydrogens (primary N) is 1. The highest BCUT2D eigenvalue weighted by Gasteiger charge is 2.44. The number of nitrogens with zero attached hydrogens (tertiary/aromatic N) is 7. The number of urea groups is 1. The van der Waals surface area contributed by atoms with Crippen molar-refractivity contribution in [3.63, 3.8) is 0 Å². The first-order valence-electron chi connectivity index (χ1n) is 33.7. The molecule has 2 unspecified atom stereocenters. The van der Waals surface area contributed by atoms with Crippen LogP contribution in [0.1, 0.15) is 132 Å². The van der Waals surface area contributed by atoms with Crippen molar-refractivity contribution in [1.29, 1.82) is 0 Å². The van der Waals surface area contributed by atoms with Gasteiger partial charge in [-0.05, 0) is 112 Å². The van der Waals surface area contributed by atoms with E-state index in [4.69, 9.17) is 15.2 Å². The number of aliphatic hydroxyl groups excluding tert-OH is 1. The van der Waals surface area contributed by atoms with Gasteiger partial charge in [0.25, 0.3) is 0 Å². The number of esters is 1. The zero-order valence-corrected chi connectivity index (χ0v) is 59.3. The predicted molar refractivity (Wildman–Crippen MR) is 357 cm³/mol. The summed E-state index contributed by atoms with van der Waals surface area (Å²) in [5.74, 6) is -20.6. The summed E-state index contributed by atoms with van der Waals surface area (Å²) in [4.78, 5) is 132. The fourth-order valence-corrected chi connectivity index (χ4v) is 12.8. The first-order valence-corrected chi connectivity index (χ1v) is 33.7. The number of hydrogen-bond acceptors (Lipinski definition) is 16. The highest BCUT2D eigenvalue weighted by molar-refractivity contribution is 5.98. The maximum Gasteiger partial charge on any atom is 0.314 e. The number of azide groups is 1. The van der Waals surface area contributed by atoms with Crippen LogP contribution in [0.2, 0.25) is 0 Å². The number of benzene rings is 2. The predicted octanol–water partition coefficient (Wildman–Crippen LogP) is 5.80. The van der Waals surface area contributed by atoms with Crippen LogP contribution in [0.4, 0.5) is 32.4 Å². The van der Waals surface area contributed by atoms with Gasteiger partial charge in [-0.1, -0.05) is 86.0 Å². The number of carbonyl (C=O) groups excluding carboxylic acids is 9. The third kappa shape index (κ3) is 23.7. The van der Waals surface area contributed by atoms with E-state index in [1.165, 1.54) is 19.1 Å². The lowest BCUT2D eigenvalue weighted by Crippen LogP contribution is -2.59. The van der Waals surface area contributed by atoms with Crippen molar-refractivity contribution in [2.45, 2.75) is 194 Å². The molecule has 0 aliphatic carbocycles. The molecule has 0 saturated carbocycles. The highest BCUT2D eigenvalue weighted by atomic mass is 19.2. The number of methoxy groups -OCH3 is 2. The average molecular weight is 1410 g/mol. The molecule has 2 saturated heterocycles. The molecule has 27 nitrogen and oxygen atoms in total. The Morgan fingerprint density at radius 3 is 1.89 bits per heavy atom. The van der Waals surface area contributed by atoms with Gasteiger partial charge in [-0.15, -0.1) is 0 Å². The van der Waals surface area contributed by atoms with Gasteiger partial charge in [0.2, 0.25) is 76.2 Å². The minimum atomic E-state index is -2.41. The number of anilines is 1. The number of ether oxygens (including phenoxy) is 3. The minimum Gasteiger partial charge on any atom is -0.420 e. The zero-order valence-electron chi connectivity index (χ0n) is 59.3. The van der Waals surface area contributed by atoms with Gasteiger partial charge in [-0.2, -0.15) is 8.78 Å². The quantitative estimate of drug-likeness (QED) is 0.00454. The Morgan fingerprint density at radius 1 is 0.747 bits per heavy atom. The fourth-order valence-electron chi connectivity index (χ4n) is 12.8. The van der Waals surface area contributed by atoms with Crippen LogP contribution in [-0.4, -0.2) is 207 Å². The van der Waals surface area contributed by atoms with Gasteiger partial charge in [0.1, 0.15) is 24.4 Å². The summed E-state index contributed by atoms with van der Waals surface area (Å²) in [6.07, 6.45) is -1.21. The number of likely N-dealkylation sites (tertiary alicyclic amines) is 2. The number of nitrogens with one attached hydrogen (secondary N) is 6. The number of aliphatic hydroxyl groups is 1.